The van der Waals surface area contributed by atoms with E-state index in [2.05, 4.69) is 5.32 Å². The van der Waals surface area contributed by atoms with Gasteiger partial charge in [-0.1, -0.05) is 12.8 Å². The molecule has 0 atom stereocenters. The molecule has 1 aliphatic carbocycles. The van der Waals surface area contributed by atoms with E-state index in [0.29, 0.717) is 12.8 Å². The summed E-state index contributed by atoms with van der Waals surface area (Å²) in [6, 6.07) is 0. The van der Waals surface area contributed by atoms with Crippen molar-refractivity contribution in [1.29, 1.82) is 0 Å². The fourth-order valence-electron chi connectivity index (χ4n) is 2.81. The second kappa shape index (κ2) is 7.01. The standard InChI is InChI=1S/C13H23NO6/c15-7-13(8-16,9-17)14-10(18)5-12(6-11(19)20)3-1-2-4-12/h15-17H,1-9H2,(H,14,18)(H,19,20). The van der Waals surface area contributed by atoms with E-state index in [4.69, 9.17) is 20.4 Å². The van der Waals surface area contributed by atoms with Gasteiger partial charge in [0.05, 0.1) is 26.2 Å². The van der Waals surface area contributed by atoms with Gasteiger partial charge >= 0.3 is 5.97 Å². The highest BCUT2D eigenvalue weighted by molar-refractivity contribution is 5.79. The zero-order valence-corrected chi connectivity index (χ0v) is 11.5. The predicted octanol–water partition coefficient (Wildman–Crippen LogP) is -0.757. The molecule has 0 aromatic heterocycles. The summed E-state index contributed by atoms with van der Waals surface area (Å²) in [5, 5.41) is 38.9. The average molecular weight is 289 g/mol. The molecule has 20 heavy (non-hydrogen) atoms. The number of rotatable bonds is 8. The van der Waals surface area contributed by atoms with Crippen LogP contribution in [0.2, 0.25) is 0 Å². The van der Waals surface area contributed by atoms with Crippen molar-refractivity contribution >= 4 is 11.9 Å². The van der Waals surface area contributed by atoms with Gasteiger partial charge in [-0.05, 0) is 18.3 Å². The van der Waals surface area contributed by atoms with Gasteiger partial charge in [0.25, 0.3) is 0 Å². The first-order valence-corrected chi connectivity index (χ1v) is 6.76. The molecule has 1 amide bonds. The summed E-state index contributed by atoms with van der Waals surface area (Å²) < 4.78 is 0. The molecule has 1 fully saturated rings. The van der Waals surface area contributed by atoms with Gasteiger partial charge in [0.2, 0.25) is 5.91 Å². The van der Waals surface area contributed by atoms with E-state index in [9.17, 15) is 9.59 Å². The second-order valence-corrected chi connectivity index (χ2v) is 5.76. The van der Waals surface area contributed by atoms with Crippen LogP contribution in [0.1, 0.15) is 38.5 Å². The molecule has 7 heteroatoms. The quantitative estimate of drug-likeness (QED) is 0.400. The SMILES string of the molecule is O=C(O)CC1(CC(=O)NC(CO)(CO)CO)CCCC1. The number of carbonyl (C=O) groups is 2. The third-order valence-electron chi connectivity index (χ3n) is 4.04. The number of carboxylic acids is 1. The van der Waals surface area contributed by atoms with Crippen LogP contribution in [0.25, 0.3) is 0 Å². The van der Waals surface area contributed by atoms with Crippen LogP contribution in [0.5, 0.6) is 0 Å². The maximum atomic E-state index is 12.0. The van der Waals surface area contributed by atoms with Crippen molar-refractivity contribution in [1.82, 2.24) is 5.32 Å². The lowest BCUT2D eigenvalue weighted by atomic mass is 9.79. The summed E-state index contributed by atoms with van der Waals surface area (Å²) in [5.41, 5.74) is -2.01. The van der Waals surface area contributed by atoms with Crippen LogP contribution in [0.15, 0.2) is 0 Å². The molecule has 0 aromatic rings. The predicted molar refractivity (Wildman–Crippen MR) is 69.9 cm³/mol. The molecule has 0 bridgehead atoms. The Morgan fingerprint density at radius 3 is 1.90 bits per heavy atom. The first kappa shape index (κ1) is 16.9. The van der Waals surface area contributed by atoms with Gasteiger partial charge in [-0.2, -0.15) is 0 Å². The summed E-state index contributed by atoms with van der Waals surface area (Å²) in [5.74, 6) is -1.39. The zero-order valence-electron chi connectivity index (χ0n) is 11.5. The molecule has 0 unspecified atom stereocenters. The van der Waals surface area contributed by atoms with Crippen LogP contribution in [0.3, 0.4) is 0 Å². The van der Waals surface area contributed by atoms with Gasteiger partial charge in [-0.25, -0.2) is 0 Å². The summed E-state index contributed by atoms with van der Waals surface area (Å²) in [6.07, 6.45) is 3.11. The molecule has 0 saturated heterocycles. The Balaban J connectivity index is 2.69. The maximum Gasteiger partial charge on any atom is 0.303 e. The van der Waals surface area contributed by atoms with E-state index < -0.39 is 42.7 Å². The zero-order chi connectivity index (χ0) is 15.2. The summed E-state index contributed by atoms with van der Waals surface area (Å²) in [7, 11) is 0. The van der Waals surface area contributed by atoms with Crippen molar-refractivity contribution in [3.63, 3.8) is 0 Å². The van der Waals surface area contributed by atoms with Gasteiger partial charge in [-0.3, -0.25) is 9.59 Å². The Hall–Kier alpha value is -1.18. The second-order valence-electron chi connectivity index (χ2n) is 5.76. The Kier molecular flexibility index (Phi) is 5.91. The average Bonchev–Trinajstić information content (AvgIpc) is 2.83. The minimum atomic E-state index is -1.46. The Labute approximate surface area is 117 Å². The van der Waals surface area contributed by atoms with Gasteiger partial charge in [-0.15, -0.1) is 0 Å². The first-order valence-electron chi connectivity index (χ1n) is 6.76. The summed E-state index contributed by atoms with van der Waals surface area (Å²) >= 11 is 0. The number of carbonyl (C=O) groups excluding carboxylic acids is 1. The molecule has 116 valence electrons. The third kappa shape index (κ3) is 4.16. The molecule has 1 aliphatic rings. The number of hydrogen-bond donors (Lipinski definition) is 5. The molecule has 0 aliphatic heterocycles. The fraction of sp³-hybridized carbons (Fsp3) is 0.846. The highest BCUT2D eigenvalue weighted by Gasteiger charge is 2.39. The van der Waals surface area contributed by atoms with Crippen molar-refractivity contribution in [2.24, 2.45) is 5.41 Å². The van der Waals surface area contributed by atoms with Crippen molar-refractivity contribution in [3.05, 3.63) is 0 Å². The smallest absolute Gasteiger partial charge is 0.303 e. The molecule has 0 aromatic carbocycles. The minimum absolute atomic E-state index is 0.0288. The number of nitrogens with one attached hydrogen (secondary N) is 1. The van der Waals surface area contributed by atoms with E-state index in [0.717, 1.165) is 12.8 Å². The van der Waals surface area contributed by atoms with Gasteiger partial charge in [0, 0.05) is 6.42 Å². The van der Waals surface area contributed by atoms with Gasteiger partial charge < -0.3 is 25.7 Å². The monoisotopic (exact) mass is 289 g/mol. The maximum absolute atomic E-state index is 12.0. The molecule has 0 heterocycles. The van der Waals surface area contributed by atoms with Crippen LogP contribution in [0.4, 0.5) is 0 Å². The number of amides is 1. The van der Waals surface area contributed by atoms with Crippen LogP contribution in [0, 0.1) is 5.41 Å². The number of aliphatic hydroxyl groups is 3. The van der Waals surface area contributed by atoms with Crippen molar-refractivity contribution in [3.8, 4) is 0 Å². The van der Waals surface area contributed by atoms with Crippen LogP contribution in [-0.2, 0) is 9.59 Å². The van der Waals surface area contributed by atoms with Crippen molar-refractivity contribution in [2.75, 3.05) is 19.8 Å². The lowest BCUT2D eigenvalue weighted by Crippen LogP contribution is -2.57. The molecule has 0 spiro atoms. The van der Waals surface area contributed by atoms with E-state index in [-0.39, 0.29) is 12.8 Å². The molecule has 0 radical (unpaired) electrons. The molecule has 1 saturated carbocycles. The summed E-state index contributed by atoms with van der Waals surface area (Å²) in [4.78, 5) is 23.0. The molecular formula is C13H23NO6. The third-order valence-corrected chi connectivity index (χ3v) is 4.04. The van der Waals surface area contributed by atoms with E-state index in [1.54, 1.807) is 0 Å². The van der Waals surface area contributed by atoms with E-state index >= 15 is 0 Å². The highest BCUT2D eigenvalue weighted by Crippen LogP contribution is 2.44. The summed E-state index contributed by atoms with van der Waals surface area (Å²) in [6.45, 7) is -1.76. The van der Waals surface area contributed by atoms with Crippen LogP contribution >= 0.6 is 0 Å². The Morgan fingerprint density at radius 1 is 1.00 bits per heavy atom. The first-order chi connectivity index (χ1) is 9.41. The number of aliphatic hydroxyl groups excluding tert-OH is 3. The largest absolute Gasteiger partial charge is 0.481 e. The van der Waals surface area contributed by atoms with Crippen LogP contribution in [-0.4, -0.2) is 57.7 Å². The van der Waals surface area contributed by atoms with E-state index in [1.165, 1.54) is 0 Å². The van der Waals surface area contributed by atoms with E-state index in [1.807, 2.05) is 0 Å². The topological polar surface area (TPSA) is 127 Å². The molecule has 5 N–H and O–H groups in total. The number of aliphatic carboxylic acids is 1. The van der Waals surface area contributed by atoms with Gasteiger partial charge in [0.1, 0.15) is 5.54 Å². The van der Waals surface area contributed by atoms with Crippen LogP contribution < -0.4 is 5.32 Å². The number of hydrogen-bond acceptors (Lipinski definition) is 5. The van der Waals surface area contributed by atoms with Crippen molar-refractivity contribution in [2.45, 2.75) is 44.1 Å². The molecule has 7 nitrogen and oxygen atoms in total. The normalized spacial score (nSPS) is 17.9. The van der Waals surface area contributed by atoms with Gasteiger partial charge in [0.15, 0.2) is 0 Å². The Bertz CT molecular complexity index is 339. The highest BCUT2D eigenvalue weighted by atomic mass is 16.4. The molecular weight excluding hydrogens is 266 g/mol. The lowest BCUT2D eigenvalue weighted by Gasteiger charge is -2.32. The molecule has 1 rings (SSSR count). The minimum Gasteiger partial charge on any atom is -0.481 e. The Morgan fingerprint density at radius 2 is 1.50 bits per heavy atom. The number of carboxylic acid groups (broad SMARTS) is 1. The van der Waals surface area contributed by atoms with Crippen molar-refractivity contribution < 1.29 is 30.0 Å². The fourth-order valence-corrected chi connectivity index (χ4v) is 2.81. The lowest BCUT2D eigenvalue weighted by molar-refractivity contribution is -0.140.